The summed E-state index contributed by atoms with van der Waals surface area (Å²) in [6.45, 7) is 0. The number of furan rings is 1. The second-order valence-corrected chi connectivity index (χ2v) is 23.8. The molecule has 0 N–H and O–H groups in total. The van der Waals surface area contributed by atoms with Crippen LogP contribution in [0.5, 0.6) is 0 Å². The van der Waals surface area contributed by atoms with E-state index in [-0.39, 0.29) is 0 Å². The molecule has 2 aliphatic rings. The Morgan fingerprint density at radius 3 is 1.54 bits per heavy atom. The third kappa shape index (κ3) is 6.03. The van der Waals surface area contributed by atoms with Gasteiger partial charge in [-0.1, -0.05) is 182 Å². The number of nitrogens with zero attached hydrogens (tertiary/aromatic N) is 3. The molecular weight excluding hydrogens is 982 g/mol. The van der Waals surface area contributed by atoms with Crippen molar-refractivity contribution in [3.05, 3.63) is 301 Å². The van der Waals surface area contributed by atoms with Crippen LogP contribution in [-0.4, -0.2) is 9.13 Å². The van der Waals surface area contributed by atoms with Crippen LogP contribution < -0.4 is 20.8 Å². The average molecular weight is 1030 g/mol. The van der Waals surface area contributed by atoms with Crippen molar-refractivity contribution in [3.63, 3.8) is 0 Å². The summed E-state index contributed by atoms with van der Waals surface area (Å²) in [6, 6.07) is 100. The summed E-state index contributed by atoms with van der Waals surface area (Å²) in [5, 5.41) is 9.28. The summed E-state index contributed by atoms with van der Waals surface area (Å²) >= 11 is 0. The molecule has 3 aromatic heterocycles. The van der Waals surface area contributed by atoms with Crippen molar-refractivity contribution < 1.29 is 8.98 Å². The largest absolute Gasteiger partial charge is 0.456 e. The first kappa shape index (κ1) is 44.2. The third-order valence-electron chi connectivity index (χ3n) is 17.1. The van der Waals surface area contributed by atoms with Gasteiger partial charge in [-0.3, -0.25) is 0 Å². The smallest absolute Gasteiger partial charge is 0.171 e. The number of hydrogen-bond donors (Lipinski definition) is 0. The number of para-hydroxylation sites is 6. The molecule has 2 unspecified atom stereocenters. The van der Waals surface area contributed by atoms with Gasteiger partial charge in [-0.25, -0.2) is 0 Å². The molecule has 1 spiro atoms. The van der Waals surface area contributed by atoms with Crippen LogP contribution in [0.2, 0.25) is 0 Å². The number of hydrogen-bond acceptors (Lipinski definition) is 3. The Morgan fingerprint density at radius 1 is 0.316 bits per heavy atom. The first-order valence-corrected chi connectivity index (χ1v) is 28.7. The van der Waals surface area contributed by atoms with Crippen LogP contribution in [0.15, 0.2) is 283 Å². The minimum absolute atomic E-state index is 0.724. The highest BCUT2D eigenvalue weighted by atomic mass is 31.2. The summed E-state index contributed by atoms with van der Waals surface area (Å²) < 4.78 is 28.5. The predicted octanol–water partition coefficient (Wildman–Crippen LogP) is 17.6. The van der Waals surface area contributed by atoms with Gasteiger partial charge >= 0.3 is 0 Å². The van der Waals surface area contributed by atoms with Crippen molar-refractivity contribution in [2.75, 3.05) is 4.90 Å². The van der Waals surface area contributed by atoms with E-state index in [2.05, 4.69) is 251 Å². The van der Waals surface area contributed by atoms with E-state index in [0.29, 0.717) is 0 Å². The fraction of sp³-hybridized carbons (Fsp3) is 0.0137. The molecule has 370 valence electrons. The van der Waals surface area contributed by atoms with Crippen LogP contribution >= 0.6 is 7.14 Å². The van der Waals surface area contributed by atoms with Gasteiger partial charge in [0.2, 0.25) is 0 Å². The molecule has 0 aliphatic carbocycles. The van der Waals surface area contributed by atoms with E-state index in [0.717, 1.165) is 105 Å². The van der Waals surface area contributed by atoms with Crippen molar-refractivity contribution in [2.24, 2.45) is 0 Å². The standard InChI is InChI=1S/C73H46N3O2P/c77-79(52-24-8-3-9-25-52)71-35-19-14-30-61(71)73(62-45-58-55-28-12-18-34-69(55)78-70(58)46-72(62)79)59-29-13-17-33-67(59)75(50-22-6-2-7-23-50)68-44-51(38-39-60(68)73)76-64-32-16-11-27-54(64)57-43-48(37-41-66(57)76)47-36-40-65-56(42-47)53-26-10-15-31-63(53)74(65)49-20-4-1-5-21-49/h1-46H. The van der Waals surface area contributed by atoms with Gasteiger partial charge in [-0.15, -0.1) is 0 Å². The molecule has 0 radical (unpaired) electrons. The summed E-state index contributed by atoms with van der Waals surface area (Å²) in [5.41, 5.74) is 17.1. The molecule has 2 aliphatic heterocycles. The highest BCUT2D eigenvalue weighted by Crippen LogP contribution is 2.63. The molecular formula is C73H46N3O2P. The first-order chi connectivity index (χ1) is 39.1. The van der Waals surface area contributed by atoms with Crippen LogP contribution in [0, 0.1) is 0 Å². The molecule has 2 atom stereocenters. The van der Waals surface area contributed by atoms with E-state index >= 15 is 4.57 Å². The summed E-state index contributed by atoms with van der Waals surface area (Å²) in [6.07, 6.45) is 0. The lowest BCUT2D eigenvalue weighted by Gasteiger charge is -2.50. The SMILES string of the molecule is O=P1(c2ccccc2)c2ccccc2C2(c3ccccc3N(c3ccccc3)c3cc(-n4c5ccccc5c5cc(-c6ccc7c(c6)c6ccccc6n7-c6ccccc6)ccc54)ccc32)c2cc3c(cc21)oc1ccccc13. The molecule has 0 fully saturated rings. The Hall–Kier alpha value is -9.93. The number of fused-ring (bicyclic) bond motifs is 17. The average Bonchev–Trinajstić information content (AvgIpc) is 3.84. The van der Waals surface area contributed by atoms with Gasteiger partial charge in [-0.2, -0.15) is 0 Å². The molecule has 0 saturated carbocycles. The van der Waals surface area contributed by atoms with E-state index in [1.165, 1.54) is 38.1 Å². The van der Waals surface area contributed by atoms with Gasteiger partial charge in [0.15, 0.2) is 7.14 Å². The minimum Gasteiger partial charge on any atom is -0.456 e. The highest BCUT2D eigenvalue weighted by Gasteiger charge is 2.55. The Bertz CT molecular complexity index is 5070. The van der Waals surface area contributed by atoms with Crippen LogP contribution in [0.4, 0.5) is 17.1 Å². The van der Waals surface area contributed by atoms with Gasteiger partial charge in [-0.05, 0) is 130 Å². The second-order valence-electron chi connectivity index (χ2n) is 21.1. The van der Waals surface area contributed by atoms with Crippen LogP contribution in [0.25, 0.3) is 88.1 Å². The maximum atomic E-state index is 17.0. The lowest BCUT2D eigenvalue weighted by molar-refractivity contribution is 0.590. The predicted molar refractivity (Wildman–Crippen MR) is 327 cm³/mol. The Kier molecular flexibility index (Phi) is 9.26. The number of anilines is 3. The van der Waals surface area contributed by atoms with Crippen molar-refractivity contribution in [1.82, 2.24) is 9.13 Å². The zero-order chi connectivity index (χ0) is 52.0. The van der Waals surface area contributed by atoms with Gasteiger partial charge < -0.3 is 23.0 Å². The van der Waals surface area contributed by atoms with Crippen molar-refractivity contribution >= 4 is 106 Å². The Morgan fingerprint density at radius 2 is 0.848 bits per heavy atom. The molecule has 17 rings (SSSR count). The quantitative estimate of drug-likeness (QED) is 0.161. The Labute approximate surface area is 455 Å². The zero-order valence-electron chi connectivity index (χ0n) is 42.7. The molecule has 5 nitrogen and oxygen atoms in total. The minimum atomic E-state index is -3.53. The number of benzene rings is 12. The van der Waals surface area contributed by atoms with E-state index in [9.17, 15) is 0 Å². The topological polar surface area (TPSA) is 43.3 Å². The molecule has 79 heavy (non-hydrogen) atoms. The Balaban J connectivity index is 0.924. The van der Waals surface area contributed by atoms with E-state index in [4.69, 9.17) is 4.42 Å². The first-order valence-electron chi connectivity index (χ1n) is 27.0. The highest BCUT2D eigenvalue weighted by molar-refractivity contribution is 7.85. The van der Waals surface area contributed by atoms with Gasteiger partial charge in [0.1, 0.15) is 11.2 Å². The normalized spacial score (nSPS) is 16.5. The third-order valence-corrected chi connectivity index (χ3v) is 20.3. The van der Waals surface area contributed by atoms with Gasteiger partial charge in [0.05, 0.1) is 38.9 Å². The van der Waals surface area contributed by atoms with E-state index in [1.807, 2.05) is 42.5 Å². The molecule has 0 amide bonds. The fourth-order valence-corrected chi connectivity index (χ4v) is 17.0. The van der Waals surface area contributed by atoms with Crippen molar-refractivity contribution in [2.45, 2.75) is 5.41 Å². The summed E-state index contributed by atoms with van der Waals surface area (Å²) in [5.74, 6) is 0. The van der Waals surface area contributed by atoms with Crippen LogP contribution in [0.1, 0.15) is 22.3 Å². The van der Waals surface area contributed by atoms with Crippen LogP contribution in [-0.2, 0) is 9.98 Å². The number of rotatable bonds is 5. The second kappa shape index (κ2) is 16.5. The summed E-state index contributed by atoms with van der Waals surface area (Å²) in [7, 11) is -3.53. The fourth-order valence-electron chi connectivity index (χ4n) is 13.9. The lowest BCUT2D eigenvalue weighted by atomic mass is 9.62. The number of aromatic nitrogens is 2. The molecule has 5 heterocycles. The van der Waals surface area contributed by atoms with Crippen molar-refractivity contribution in [3.8, 4) is 22.5 Å². The lowest BCUT2D eigenvalue weighted by Crippen LogP contribution is -2.49. The molecule has 15 aromatic rings. The van der Waals surface area contributed by atoms with Crippen LogP contribution in [0.3, 0.4) is 0 Å². The zero-order valence-corrected chi connectivity index (χ0v) is 43.6. The molecule has 12 aromatic carbocycles. The molecule has 0 bridgehead atoms. The monoisotopic (exact) mass is 1030 g/mol. The summed E-state index contributed by atoms with van der Waals surface area (Å²) in [4.78, 5) is 2.44. The molecule has 0 saturated heterocycles. The van der Waals surface area contributed by atoms with E-state index in [1.54, 1.807) is 0 Å². The maximum Gasteiger partial charge on any atom is 0.171 e. The maximum absolute atomic E-state index is 17.0. The van der Waals surface area contributed by atoms with Gasteiger partial charge in [0.25, 0.3) is 0 Å². The van der Waals surface area contributed by atoms with E-state index < -0.39 is 12.6 Å². The molecule has 6 heteroatoms. The van der Waals surface area contributed by atoms with Crippen molar-refractivity contribution in [1.29, 1.82) is 0 Å². The van der Waals surface area contributed by atoms with Gasteiger partial charge in [0, 0.05) is 65.3 Å².